The third-order valence-corrected chi connectivity index (χ3v) is 2.21. The van der Waals surface area contributed by atoms with Crippen LogP contribution in [-0.2, 0) is 9.47 Å². The first kappa shape index (κ1) is 8.60. The van der Waals surface area contributed by atoms with Crippen molar-refractivity contribution in [1.82, 2.24) is 0 Å². The average Bonchev–Trinajstić information content (AvgIpc) is 1.97. The molecule has 0 saturated carbocycles. The minimum Gasteiger partial charge on any atom is -0.502 e. The van der Waals surface area contributed by atoms with Gasteiger partial charge in [-0.25, -0.2) is 0 Å². The molecule has 0 aromatic carbocycles. The van der Waals surface area contributed by atoms with Crippen LogP contribution in [0.15, 0.2) is 12.8 Å². The van der Waals surface area contributed by atoms with Crippen molar-refractivity contribution in [3.8, 4) is 0 Å². The van der Waals surface area contributed by atoms with Crippen molar-refractivity contribution in [2.45, 2.75) is 25.9 Å². The number of hydrogen-bond acceptors (Lipinski definition) is 2. The smallest absolute Gasteiger partial charge is 0.0897 e. The molecule has 64 valence electrons. The normalized spacial score (nSPS) is 29.2. The highest BCUT2D eigenvalue weighted by atomic mass is 16.5. The van der Waals surface area contributed by atoms with Crippen LogP contribution in [0.1, 0.15) is 19.8 Å². The van der Waals surface area contributed by atoms with Crippen molar-refractivity contribution in [3.05, 3.63) is 12.8 Å². The lowest BCUT2D eigenvalue weighted by Crippen LogP contribution is -2.39. The molecule has 0 spiro atoms. The second kappa shape index (κ2) is 4.39. The van der Waals surface area contributed by atoms with Gasteiger partial charge < -0.3 is 9.47 Å². The third-order valence-electron chi connectivity index (χ3n) is 2.21. The van der Waals surface area contributed by atoms with Gasteiger partial charge in [-0.3, -0.25) is 0 Å². The molecule has 2 heteroatoms. The average molecular weight is 156 g/mol. The SMILES string of the molecule is C=COCCC1OCC1CC. The van der Waals surface area contributed by atoms with Gasteiger partial charge in [0.25, 0.3) is 0 Å². The highest BCUT2D eigenvalue weighted by molar-refractivity contribution is 4.77. The van der Waals surface area contributed by atoms with Crippen molar-refractivity contribution >= 4 is 0 Å². The lowest BCUT2D eigenvalue weighted by atomic mass is 9.93. The van der Waals surface area contributed by atoms with Crippen molar-refractivity contribution < 1.29 is 9.47 Å². The first-order valence-corrected chi connectivity index (χ1v) is 4.22. The van der Waals surface area contributed by atoms with Crippen LogP contribution >= 0.6 is 0 Å². The molecule has 1 rings (SSSR count). The van der Waals surface area contributed by atoms with E-state index in [4.69, 9.17) is 9.47 Å². The summed E-state index contributed by atoms with van der Waals surface area (Å²) in [5.41, 5.74) is 0. The molecule has 2 nitrogen and oxygen atoms in total. The maximum absolute atomic E-state index is 5.37. The van der Waals surface area contributed by atoms with Crippen LogP contribution in [0.4, 0.5) is 0 Å². The number of ether oxygens (including phenoxy) is 2. The van der Waals surface area contributed by atoms with E-state index in [0.29, 0.717) is 6.10 Å². The van der Waals surface area contributed by atoms with Crippen molar-refractivity contribution in [3.63, 3.8) is 0 Å². The Morgan fingerprint density at radius 3 is 3.00 bits per heavy atom. The van der Waals surface area contributed by atoms with Gasteiger partial charge in [-0.15, -0.1) is 0 Å². The molecule has 1 fully saturated rings. The molecular weight excluding hydrogens is 140 g/mol. The van der Waals surface area contributed by atoms with Crippen molar-refractivity contribution in [2.75, 3.05) is 13.2 Å². The molecule has 0 bridgehead atoms. The van der Waals surface area contributed by atoms with Gasteiger partial charge in [0.05, 0.1) is 25.6 Å². The second-order valence-electron chi connectivity index (χ2n) is 2.87. The molecule has 0 aliphatic carbocycles. The first-order valence-electron chi connectivity index (χ1n) is 4.22. The standard InChI is InChI=1S/C9H16O2/c1-3-8-7-11-9(8)5-6-10-4-2/h4,8-9H,2-3,5-7H2,1H3. The van der Waals surface area contributed by atoms with Crippen molar-refractivity contribution in [1.29, 1.82) is 0 Å². The molecule has 2 unspecified atom stereocenters. The number of rotatable bonds is 5. The third kappa shape index (κ3) is 2.22. The Balaban J connectivity index is 2.02. The Bertz CT molecular complexity index is 121. The Morgan fingerprint density at radius 1 is 1.73 bits per heavy atom. The topological polar surface area (TPSA) is 18.5 Å². The van der Waals surface area contributed by atoms with Gasteiger partial charge in [-0.2, -0.15) is 0 Å². The van der Waals surface area contributed by atoms with Gasteiger partial charge in [0.1, 0.15) is 0 Å². The fourth-order valence-corrected chi connectivity index (χ4v) is 1.34. The Morgan fingerprint density at radius 2 is 2.55 bits per heavy atom. The number of hydrogen-bond donors (Lipinski definition) is 0. The monoisotopic (exact) mass is 156 g/mol. The first-order chi connectivity index (χ1) is 5.38. The largest absolute Gasteiger partial charge is 0.502 e. The van der Waals surface area contributed by atoms with Crippen LogP contribution in [0.25, 0.3) is 0 Å². The predicted molar refractivity (Wildman–Crippen MR) is 44.3 cm³/mol. The van der Waals surface area contributed by atoms with E-state index in [2.05, 4.69) is 13.5 Å². The maximum atomic E-state index is 5.37. The summed E-state index contributed by atoms with van der Waals surface area (Å²) >= 11 is 0. The van der Waals surface area contributed by atoms with E-state index in [1.54, 1.807) is 0 Å². The predicted octanol–water partition coefficient (Wildman–Crippen LogP) is 1.96. The minimum atomic E-state index is 0.444. The summed E-state index contributed by atoms with van der Waals surface area (Å²) in [5, 5.41) is 0. The van der Waals surface area contributed by atoms with Gasteiger partial charge >= 0.3 is 0 Å². The molecule has 0 aromatic heterocycles. The van der Waals surface area contributed by atoms with E-state index in [1.807, 2.05) is 0 Å². The van der Waals surface area contributed by atoms with E-state index in [0.717, 1.165) is 25.6 Å². The molecule has 0 amide bonds. The second-order valence-corrected chi connectivity index (χ2v) is 2.87. The molecular formula is C9H16O2. The molecule has 1 aliphatic heterocycles. The lowest BCUT2D eigenvalue weighted by molar-refractivity contribution is -0.123. The molecule has 0 radical (unpaired) electrons. The summed E-state index contributed by atoms with van der Waals surface area (Å²) in [6.45, 7) is 7.36. The Kier molecular flexibility index (Phi) is 3.43. The Hall–Kier alpha value is -0.500. The molecule has 2 atom stereocenters. The zero-order valence-corrected chi connectivity index (χ0v) is 7.08. The van der Waals surface area contributed by atoms with Crippen LogP contribution in [0.3, 0.4) is 0 Å². The quantitative estimate of drug-likeness (QED) is 0.447. The van der Waals surface area contributed by atoms with Gasteiger partial charge in [-0.1, -0.05) is 13.5 Å². The zero-order valence-electron chi connectivity index (χ0n) is 7.08. The van der Waals surface area contributed by atoms with Crippen LogP contribution in [0.5, 0.6) is 0 Å². The summed E-state index contributed by atoms with van der Waals surface area (Å²) in [4.78, 5) is 0. The maximum Gasteiger partial charge on any atom is 0.0897 e. The Labute approximate surface area is 68.2 Å². The van der Waals surface area contributed by atoms with Crippen LogP contribution in [-0.4, -0.2) is 19.3 Å². The van der Waals surface area contributed by atoms with E-state index in [-0.39, 0.29) is 0 Å². The van der Waals surface area contributed by atoms with Gasteiger partial charge in [-0.05, 0) is 6.42 Å². The van der Waals surface area contributed by atoms with Gasteiger partial charge in [0.2, 0.25) is 0 Å². The molecule has 1 saturated heterocycles. The summed E-state index contributed by atoms with van der Waals surface area (Å²) in [5.74, 6) is 0.767. The minimum absolute atomic E-state index is 0.444. The fraction of sp³-hybridized carbons (Fsp3) is 0.778. The van der Waals surface area contributed by atoms with E-state index in [1.165, 1.54) is 12.7 Å². The molecule has 11 heavy (non-hydrogen) atoms. The highest BCUT2D eigenvalue weighted by Crippen LogP contribution is 2.25. The summed E-state index contributed by atoms with van der Waals surface area (Å²) < 4.78 is 10.4. The molecule has 0 N–H and O–H groups in total. The summed E-state index contributed by atoms with van der Waals surface area (Å²) in [6.07, 6.45) is 4.16. The van der Waals surface area contributed by atoms with Gasteiger partial charge in [0, 0.05) is 12.3 Å². The fourth-order valence-electron chi connectivity index (χ4n) is 1.34. The highest BCUT2D eigenvalue weighted by Gasteiger charge is 2.29. The molecule has 1 heterocycles. The lowest BCUT2D eigenvalue weighted by Gasteiger charge is -2.36. The van der Waals surface area contributed by atoms with Crippen molar-refractivity contribution in [2.24, 2.45) is 5.92 Å². The zero-order chi connectivity index (χ0) is 8.10. The van der Waals surface area contributed by atoms with Crippen LogP contribution in [0.2, 0.25) is 0 Å². The summed E-state index contributed by atoms with van der Waals surface area (Å²) in [6, 6.07) is 0. The van der Waals surface area contributed by atoms with E-state index < -0.39 is 0 Å². The molecule has 1 aliphatic rings. The van der Waals surface area contributed by atoms with Crippen LogP contribution in [0, 0.1) is 5.92 Å². The van der Waals surface area contributed by atoms with E-state index in [9.17, 15) is 0 Å². The summed E-state index contributed by atoms with van der Waals surface area (Å²) in [7, 11) is 0. The van der Waals surface area contributed by atoms with Gasteiger partial charge in [0.15, 0.2) is 0 Å². The van der Waals surface area contributed by atoms with Crippen LogP contribution < -0.4 is 0 Å². The van der Waals surface area contributed by atoms with E-state index >= 15 is 0 Å². The molecule has 0 aromatic rings.